The predicted molar refractivity (Wildman–Crippen MR) is 37.5 cm³/mol. The molecule has 0 atom stereocenters. The van der Waals surface area contributed by atoms with Crippen molar-refractivity contribution in [1.82, 2.24) is 0 Å². The van der Waals surface area contributed by atoms with Gasteiger partial charge in [0.05, 0.1) is 13.7 Å². The fourth-order valence-corrected chi connectivity index (χ4v) is 0.338. The van der Waals surface area contributed by atoms with E-state index in [1.165, 1.54) is 7.11 Å². The molecule has 0 N–H and O–H groups in total. The molecule has 5 nitrogen and oxygen atoms in total. The van der Waals surface area contributed by atoms with E-state index in [0.29, 0.717) is 0 Å². The third kappa shape index (κ3) is 5.07. The van der Waals surface area contributed by atoms with Gasteiger partial charge in [-0.3, -0.25) is 0 Å². The van der Waals surface area contributed by atoms with E-state index in [0.717, 1.165) is 6.21 Å². The van der Waals surface area contributed by atoms with E-state index >= 15 is 0 Å². The number of methoxy groups -OCH3 is 1. The molecule has 0 fully saturated rings. The summed E-state index contributed by atoms with van der Waals surface area (Å²) in [7, 11) is 1.17. The van der Waals surface area contributed by atoms with Crippen LogP contribution in [0.2, 0.25) is 0 Å². The van der Waals surface area contributed by atoms with Gasteiger partial charge in [-0.15, -0.1) is 0 Å². The Balaban J connectivity index is 3.73. The van der Waals surface area contributed by atoms with E-state index in [1.54, 1.807) is 6.92 Å². The van der Waals surface area contributed by atoms with Crippen LogP contribution in [0.5, 0.6) is 0 Å². The van der Waals surface area contributed by atoms with Crippen molar-refractivity contribution in [2.24, 2.45) is 4.99 Å². The van der Waals surface area contributed by atoms with Crippen molar-refractivity contribution in [3.05, 3.63) is 0 Å². The number of hydrogen-bond acceptors (Lipinski definition) is 4. The van der Waals surface area contributed by atoms with Crippen LogP contribution in [0.1, 0.15) is 6.92 Å². The van der Waals surface area contributed by atoms with Crippen LogP contribution in [0, 0.1) is 0 Å². The van der Waals surface area contributed by atoms with Gasteiger partial charge in [0, 0.05) is 0 Å². The van der Waals surface area contributed by atoms with Crippen LogP contribution in [0.4, 0.5) is 4.79 Å². The fraction of sp³-hybridized carbons (Fsp3) is 0.500. The number of rotatable bonds is 2. The van der Waals surface area contributed by atoms with Gasteiger partial charge in [-0.05, 0) is 6.92 Å². The van der Waals surface area contributed by atoms with E-state index in [2.05, 4.69) is 14.5 Å². The van der Waals surface area contributed by atoms with Crippen LogP contribution in [-0.2, 0) is 14.3 Å². The van der Waals surface area contributed by atoms with Gasteiger partial charge < -0.3 is 9.47 Å². The highest BCUT2D eigenvalue weighted by Crippen LogP contribution is 1.79. The summed E-state index contributed by atoms with van der Waals surface area (Å²) < 4.78 is 8.57. The van der Waals surface area contributed by atoms with Gasteiger partial charge >= 0.3 is 12.1 Å². The third-order valence-electron chi connectivity index (χ3n) is 0.737. The first-order valence-electron chi connectivity index (χ1n) is 2.99. The molecule has 0 rings (SSSR count). The molecule has 0 unspecified atom stereocenters. The second-order valence-corrected chi connectivity index (χ2v) is 1.48. The molecule has 0 aliphatic rings. The molecule has 0 aromatic rings. The number of nitrogens with zero attached hydrogens (tertiary/aromatic N) is 1. The van der Waals surface area contributed by atoms with E-state index in [1.807, 2.05) is 0 Å². The van der Waals surface area contributed by atoms with Crippen LogP contribution in [0.25, 0.3) is 0 Å². The lowest BCUT2D eigenvalue weighted by Crippen LogP contribution is -2.06. The van der Waals surface area contributed by atoms with Crippen molar-refractivity contribution in [3.8, 4) is 0 Å². The molecule has 0 aromatic heterocycles. The summed E-state index contributed by atoms with van der Waals surface area (Å²) in [5, 5.41) is 0. The number of ether oxygens (including phenoxy) is 2. The van der Waals surface area contributed by atoms with E-state index in [4.69, 9.17) is 0 Å². The highest BCUT2D eigenvalue weighted by atomic mass is 16.5. The standard InChI is InChI=1S/C6H9NO4/c1-3-11-5(8)4-7-6(9)10-2/h4H,3H2,1-2H3/b7-4+. The second-order valence-electron chi connectivity index (χ2n) is 1.48. The number of hydrogen-bond donors (Lipinski definition) is 0. The maximum Gasteiger partial charge on any atom is 0.433 e. The number of aliphatic imine (C=N–C) groups is 1. The molecule has 1 amide bonds. The first-order valence-corrected chi connectivity index (χ1v) is 2.99. The SMILES string of the molecule is CCOC(=O)/C=N/C(=O)OC. The fourth-order valence-electron chi connectivity index (χ4n) is 0.338. The normalized spacial score (nSPS) is 9.64. The quantitative estimate of drug-likeness (QED) is 0.431. The Kier molecular flexibility index (Phi) is 4.72. The molecule has 0 aliphatic heterocycles. The largest absolute Gasteiger partial charge is 0.462 e. The van der Waals surface area contributed by atoms with Crippen molar-refractivity contribution in [2.45, 2.75) is 6.92 Å². The molecule has 62 valence electrons. The Labute approximate surface area is 64.0 Å². The lowest BCUT2D eigenvalue weighted by Gasteiger charge is -1.92. The van der Waals surface area contributed by atoms with Crippen molar-refractivity contribution in [3.63, 3.8) is 0 Å². The molecular formula is C6H9NO4. The maximum absolute atomic E-state index is 10.5. The van der Waals surface area contributed by atoms with Crippen LogP contribution in [-0.4, -0.2) is 32.0 Å². The lowest BCUT2D eigenvalue weighted by atomic mass is 10.7. The van der Waals surface area contributed by atoms with Gasteiger partial charge in [0.2, 0.25) is 0 Å². The zero-order valence-corrected chi connectivity index (χ0v) is 6.36. The molecular weight excluding hydrogens is 150 g/mol. The summed E-state index contributed by atoms with van der Waals surface area (Å²) >= 11 is 0. The molecule has 0 aliphatic carbocycles. The molecule has 11 heavy (non-hydrogen) atoms. The minimum atomic E-state index is -0.821. The van der Waals surface area contributed by atoms with Gasteiger partial charge in [-0.25, -0.2) is 9.59 Å². The molecule has 5 heteroatoms. The summed E-state index contributed by atoms with van der Waals surface area (Å²) in [4.78, 5) is 23.9. The Morgan fingerprint density at radius 1 is 1.55 bits per heavy atom. The summed E-state index contributed by atoms with van der Waals surface area (Å²) in [5.41, 5.74) is 0. The van der Waals surface area contributed by atoms with Crippen LogP contribution < -0.4 is 0 Å². The first kappa shape index (κ1) is 9.61. The van der Waals surface area contributed by atoms with Crippen LogP contribution in [0.15, 0.2) is 4.99 Å². The Morgan fingerprint density at radius 2 is 2.18 bits per heavy atom. The van der Waals surface area contributed by atoms with E-state index < -0.39 is 12.1 Å². The van der Waals surface area contributed by atoms with Crippen molar-refractivity contribution in [2.75, 3.05) is 13.7 Å². The number of amides is 1. The Hall–Kier alpha value is -1.39. The smallest absolute Gasteiger partial charge is 0.433 e. The van der Waals surface area contributed by atoms with Gasteiger partial charge in [0.25, 0.3) is 0 Å². The average Bonchev–Trinajstić information content (AvgIpc) is 2.01. The van der Waals surface area contributed by atoms with Gasteiger partial charge in [-0.2, -0.15) is 4.99 Å². The van der Waals surface area contributed by atoms with Crippen LogP contribution >= 0.6 is 0 Å². The molecule has 0 saturated heterocycles. The molecule has 0 bridgehead atoms. The molecule has 0 radical (unpaired) electrons. The van der Waals surface area contributed by atoms with Crippen molar-refractivity contribution >= 4 is 18.3 Å². The predicted octanol–water partition coefficient (Wildman–Crippen LogP) is 0.387. The van der Waals surface area contributed by atoms with Crippen molar-refractivity contribution < 1.29 is 19.1 Å². The molecule has 0 heterocycles. The van der Waals surface area contributed by atoms with Crippen LogP contribution in [0.3, 0.4) is 0 Å². The van der Waals surface area contributed by atoms with E-state index in [-0.39, 0.29) is 6.61 Å². The van der Waals surface area contributed by atoms with Gasteiger partial charge in [-0.1, -0.05) is 0 Å². The summed E-state index contributed by atoms with van der Waals surface area (Å²) in [6.45, 7) is 1.91. The van der Waals surface area contributed by atoms with E-state index in [9.17, 15) is 9.59 Å². The minimum absolute atomic E-state index is 0.256. The summed E-state index contributed by atoms with van der Waals surface area (Å²) in [6, 6.07) is 0. The molecule has 0 aromatic carbocycles. The minimum Gasteiger partial charge on any atom is -0.462 e. The third-order valence-corrected chi connectivity index (χ3v) is 0.737. The number of carbonyl (C=O) groups is 2. The second kappa shape index (κ2) is 5.40. The molecule has 0 saturated carbocycles. The van der Waals surface area contributed by atoms with Gasteiger partial charge in [0.15, 0.2) is 0 Å². The Morgan fingerprint density at radius 3 is 2.64 bits per heavy atom. The zero-order chi connectivity index (χ0) is 8.69. The summed E-state index contributed by atoms with van der Waals surface area (Å²) in [5.74, 6) is -0.655. The monoisotopic (exact) mass is 159 g/mol. The lowest BCUT2D eigenvalue weighted by molar-refractivity contribution is -0.134. The maximum atomic E-state index is 10.5. The summed E-state index contributed by atoms with van der Waals surface area (Å²) in [6.07, 6.45) is -0.0481. The zero-order valence-electron chi connectivity index (χ0n) is 6.36. The van der Waals surface area contributed by atoms with Crippen molar-refractivity contribution in [1.29, 1.82) is 0 Å². The molecule has 0 spiro atoms. The topological polar surface area (TPSA) is 65.0 Å². The number of esters is 1. The Bertz CT molecular complexity index is 175. The average molecular weight is 159 g/mol. The highest BCUT2D eigenvalue weighted by Gasteiger charge is 1.97. The highest BCUT2D eigenvalue weighted by molar-refractivity contribution is 6.24. The first-order chi connectivity index (χ1) is 5.20. The number of carbonyl (C=O) groups excluding carboxylic acids is 2. The van der Waals surface area contributed by atoms with Gasteiger partial charge in [0.1, 0.15) is 6.21 Å².